The van der Waals surface area contributed by atoms with Crippen molar-refractivity contribution in [3.05, 3.63) is 58.6 Å². The van der Waals surface area contributed by atoms with Crippen LogP contribution in [-0.4, -0.2) is 15.5 Å². The fraction of sp³-hybridized carbons (Fsp3) is 0. The van der Waals surface area contributed by atoms with Gasteiger partial charge in [0.15, 0.2) is 0 Å². The highest BCUT2D eigenvalue weighted by Crippen LogP contribution is 2.00. The second kappa shape index (κ2) is 3.98. The molecule has 2 aromatic rings. The van der Waals surface area contributed by atoms with Crippen molar-refractivity contribution in [1.29, 1.82) is 0 Å². The maximum Gasteiger partial charge on any atom is 0.356 e. The number of carbonyl (C=O) groups is 1. The van der Waals surface area contributed by atoms with E-state index in [0.29, 0.717) is 5.56 Å². The summed E-state index contributed by atoms with van der Waals surface area (Å²) in [6.45, 7) is 0. The standard InChI is InChI=1S/C11H8N3O2/c12-9-6-7-14(11(16)13-9)10(15)8-4-2-1-3-5-8/h1-5,7H,(H2,12,13,16). The summed E-state index contributed by atoms with van der Waals surface area (Å²) in [4.78, 5) is 26.7. The molecule has 1 radical (unpaired) electrons. The minimum absolute atomic E-state index is 0.0258. The minimum Gasteiger partial charge on any atom is -0.383 e. The Morgan fingerprint density at radius 1 is 1.31 bits per heavy atom. The number of hydrogen-bond acceptors (Lipinski definition) is 4. The lowest BCUT2D eigenvalue weighted by Crippen LogP contribution is -2.29. The van der Waals surface area contributed by atoms with E-state index < -0.39 is 11.6 Å². The molecule has 2 N–H and O–H groups in total. The molecule has 0 saturated heterocycles. The fourth-order valence-corrected chi connectivity index (χ4v) is 1.24. The summed E-state index contributed by atoms with van der Waals surface area (Å²) in [6.07, 6.45) is 1.19. The molecular formula is C11H8N3O2. The van der Waals surface area contributed by atoms with E-state index in [1.807, 2.05) is 0 Å². The van der Waals surface area contributed by atoms with Gasteiger partial charge in [0, 0.05) is 17.8 Å². The summed E-state index contributed by atoms with van der Waals surface area (Å²) < 4.78 is 0.867. The highest BCUT2D eigenvalue weighted by Gasteiger charge is 2.09. The van der Waals surface area contributed by atoms with Crippen molar-refractivity contribution in [1.82, 2.24) is 9.55 Å². The zero-order valence-electron chi connectivity index (χ0n) is 8.25. The SMILES string of the molecule is Nc1[c]cn(C(=O)c2ccccc2)c(=O)n1. The van der Waals surface area contributed by atoms with Gasteiger partial charge in [0.05, 0.1) is 0 Å². The lowest BCUT2D eigenvalue weighted by Gasteiger charge is -2.02. The Morgan fingerprint density at radius 2 is 2.00 bits per heavy atom. The van der Waals surface area contributed by atoms with E-state index in [0.717, 1.165) is 4.57 Å². The third-order valence-corrected chi connectivity index (χ3v) is 2.00. The van der Waals surface area contributed by atoms with Crippen molar-refractivity contribution in [3.8, 4) is 0 Å². The Balaban J connectivity index is 2.47. The van der Waals surface area contributed by atoms with Crippen LogP contribution in [0.25, 0.3) is 0 Å². The second-order valence-electron chi connectivity index (χ2n) is 3.09. The van der Waals surface area contributed by atoms with Crippen LogP contribution in [0.3, 0.4) is 0 Å². The number of nitrogens with two attached hydrogens (primary N) is 1. The van der Waals surface area contributed by atoms with Crippen molar-refractivity contribution in [2.45, 2.75) is 0 Å². The van der Waals surface area contributed by atoms with E-state index >= 15 is 0 Å². The van der Waals surface area contributed by atoms with Crippen LogP contribution in [0.2, 0.25) is 0 Å². The predicted octanol–water partition coefficient (Wildman–Crippen LogP) is 0.314. The summed E-state index contributed by atoms with van der Waals surface area (Å²) in [5.41, 5.74) is 4.98. The Labute approximate surface area is 91.2 Å². The molecule has 0 saturated carbocycles. The van der Waals surface area contributed by atoms with E-state index in [-0.39, 0.29) is 5.82 Å². The molecule has 1 aromatic carbocycles. The summed E-state index contributed by atoms with van der Waals surface area (Å²) >= 11 is 0. The van der Waals surface area contributed by atoms with Crippen LogP contribution >= 0.6 is 0 Å². The maximum absolute atomic E-state index is 11.8. The molecule has 0 aliphatic heterocycles. The molecule has 0 fully saturated rings. The molecule has 1 heterocycles. The van der Waals surface area contributed by atoms with E-state index in [9.17, 15) is 9.59 Å². The molecule has 0 spiro atoms. The fourth-order valence-electron chi connectivity index (χ4n) is 1.24. The van der Waals surface area contributed by atoms with Crippen molar-refractivity contribution < 1.29 is 4.79 Å². The number of anilines is 1. The summed E-state index contributed by atoms with van der Waals surface area (Å²) in [7, 11) is 0. The molecule has 0 bridgehead atoms. The van der Waals surface area contributed by atoms with E-state index in [1.54, 1.807) is 30.3 Å². The first-order chi connectivity index (χ1) is 7.68. The maximum atomic E-state index is 11.8. The smallest absolute Gasteiger partial charge is 0.356 e. The monoisotopic (exact) mass is 214 g/mol. The summed E-state index contributed by atoms with van der Waals surface area (Å²) in [5, 5.41) is 0. The minimum atomic E-state index is -0.704. The van der Waals surface area contributed by atoms with Crippen molar-refractivity contribution in [2.75, 3.05) is 5.73 Å². The molecule has 0 unspecified atom stereocenters. The molecule has 0 aliphatic carbocycles. The first kappa shape index (κ1) is 10.1. The quantitative estimate of drug-likeness (QED) is 0.741. The molecular weight excluding hydrogens is 206 g/mol. The lowest BCUT2D eigenvalue weighted by molar-refractivity contribution is 0.0954. The predicted molar refractivity (Wildman–Crippen MR) is 57.9 cm³/mol. The zero-order chi connectivity index (χ0) is 11.5. The third-order valence-electron chi connectivity index (χ3n) is 2.00. The Kier molecular flexibility index (Phi) is 2.51. The number of rotatable bonds is 1. The number of carbonyl (C=O) groups excluding carboxylic acids is 1. The van der Waals surface area contributed by atoms with Gasteiger partial charge in [-0.1, -0.05) is 18.2 Å². The van der Waals surface area contributed by atoms with Gasteiger partial charge in [-0.25, -0.2) is 9.36 Å². The van der Waals surface area contributed by atoms with Crippen LogP contribution in [-0.2, 0) is 0 Å². The van der Waals surface area contributed by atoms with Crippen LogP contribution in [0.15, 0.2) is 41.3 Å². The highest BCUT2D eigenvalue weighted by atomic mass is 16.2. The number of aromatic nitrogens is 2. The summed E-state index contributed by atoms with van der Waals surface area (Å²) in [5.74, 6) is -0.475. The molecule has 5 heteroatoms. The van der Waals surface area contributed by atoms with Gasteiger partial charge in [0.2, 0.25) is 0 Å². The third kappa shape index (κ3) is 1.83. The summed E-state index contributed by atoms with van der Waals surface area (Å²) in [6, 6.07) is 10.9. The normalized spacial score (nSPS) is 10.0. The number of benzene rings is 1. The molecule has 0 amide bonds. The molecule has 1 aromatic heterocycles. The van der Waals surface area contributed by atoms with Gasteiger partial charge >= 0.3 is 5.69 Å². The van der Waals surface area contributed by atoms with Gasteiger partial charge in [-0.05, 0) is 12.1 Å². The van der Waals surface area contributed by atoms with Gasteiger partial charge in [-0.3, -0.25) is 4.79 Å². The molecule has 79 valence electrons. The average molecular weight is 214 g/mol. The molecule has 0 aliphatic rings. The topological polar surface area (TPSA) is 78.0 Å². The molecule has 16 heavy (non-hydrogen) atoms. The van der Waals surface area contributed by atoms with E-state index in [1.165, 1.54) is 6.20 Å². The Morgan fingerprint density at radius 3 is 2.62 bits per heavy atom. The second-order valence-corrected chi connectivity index (χ2v) is 3.09. The van der Waals surface area contributed by atoms with Crippen molar-refractivity contribution in [2.24, 2.45) is 0 Å². The molecule has 0 atom stereocenters. The average Bonchev–Trinajstić information content (AvgIpc) is 2.29. The van der Waals surface area contributed by atoms with Crippen molar-refractivity contribution >= 4 is 11.7 Å². The lowest BCUT2D eigenvalue weighted by atomic mass is 10.2. The van der Waals surface area contributed by atoms with Crippen LogP contribution < -0.4 is 11.4 Å². The van der Waals surface area contributed by atoms with E-state index in [4.69, 9.17) is 5.73 Å². The largest absolute Gasteiger partial charge is 0.383 e. The van der Waals surface area contributed by atoms with E-state index in [2.05, 4.69) is 11.1 Å². The van der Waals surface area contributed by atoms with Crippen LogP contribution in [0.4, 0.5) is 5.82 Å². The van der Waals surface area contributed by atoms with Crippen LogP contribution in [0.5, 0.6) is 0 Å². The van der Waals surface area contributed by atoms with Gasteiger partial charge in [0.25, 0.3) is 5.91 Å². The number of nitrogens with zero attached hydrogens (tertiary/aromatic N) is 2. The molecule has 2 rings (SSSR count). The van der Waals surface area contributed by atoms with Gasteiger partial charge in [0.1, 0.15) is 5.82 Å². The molecule has 5 nitrogen and oxygen atoms in total. The zero-order valence-corrected chi connectivity index (χ0v) is 8.25. The van der Waals surface area contributed by atoms with Gasteiger partial charge in [-0.15, -0.1) is 0 Å². The first-order valence-electron chi connectivity index (χ1n) is 4.55. The van der Waals surface area contributed by atoms with Gasteiger partial charge < -0.3 is 5.73 Å². The number of hydrogen-bond donors (Lipinski definition) is 1. The van der Waals surface area contributed by atoms with Crippen LogP contribution in [0, 0.1) is 6.07 Å². The van der Waals surface area contributed by atoms with Crippen LogP contribution in [0.1, 0.15) is 10.4 Å². The first-order valence-corrected chi connectivity index (χ1v) is 4.55. The highest BCUT2D eigenvalue weighted by molar-refractivity contribution is 5.95. The van der Waals surface area contributed by atoms with Crippen molar-refractivity contribution in [3.63, 3.8) is 0 Å². The Hall–Kier alpha value is -2.43. The Bertz CT molecular complexity index is 575. The number of nitrogen functional groups attached to an aromatic ring is 1. The van der Waals surface area contributed by atoms with Gasteiger partial charge in [-0.2, -0.15) is 4.98 Å².